The van der Waals surface area contributed by atoms with Crippen LogP contribution in [-0.4, -0.2) is 161 Å². The number of Topliss-reactive ketones (excluding diaryl/α,β-unsaturated/α-hetero) is 3. The first-order chi connectivity index (χ1) is 34.1. The van der Waals surface area contributed by atoms with Crippen molar-refractivity contribution in [1.29, 1.82) is 0 Å². The number of hydrogen-bond donors (Lipinski definition) is 3. The molecule has 20 heteroatoms. The zero-order valence-electron chi connectivity index (χ0n) is 44.8. The molecule has 4 rings (SSSR count). The van der Waals surface area contributed by atoms with Crippen molar-refractivity contribution in [2.75, 3.05) is 45.6 Å². The Hall–Kier alpha value is -3.47. The van der Waals surface area contributed by atoms with E-state index in [4.69, 9.17) is 23.7 Å². The summed E-state index contributed by atoms with van der Waals surface area (Å²) in [5.74, 6) is -9.01. The number of aliphatic hydroxyl groups excluding tert-OH is 1. The Morgan fingerprint density at radius 1 is 0.904 bits per heavy atom. The molecule has 0 aromatic rings. The van der Waals surface area contributed by atoms with Crippen molar-refractivity contribution in [3.63, 3.8) is 0 Å². The lowest BCUT2D eigenvalue weighted by Crippen LogP contribution is -2.59. The number of ether oxygens (including phenoxy) is 5. The van der Waals surface area contributed by atoms with Crippen molar-refractivity contribution in [2.24, 2.45) is 35.5 Å². The van der Waals surface area contributed by atoms with Gasteiger partial charge in [0, 0.05) is 51.5 Å². The normalized spacial score (nSPS) is 38.4. The summed E-state index contributed by atoms with van der Waals surface area (Å²) < 4.78 is 81.6. The Labute approximate surface area is 434 Å². The largest absolute Gasteiger partial charge is 0.460 e. The summed E-state index contributed by atoms with van der Waals surface area (Å²) in [4.78, 5) is 70.8. The molecule has 3 fully saturated rings. The second kappa shape index (κ2) is 27.5. The minimum absolute atomic E-state index is 0.0131. The fourth-order valence-corrected chi connectivity index (χ4v) is 13.0. The van der Waals surface area contributed by atoms with Crippen LogP contribution in [0.15, 0.2) is 47.6 Å². The number of likely N-dealkylation sites (N-methyl/N-ethyl adjacent to an activating group) is 1. The quantitative estimate of drug-likeness (QED) is 0.151. The van der Waals surface area contributed by atoms with Gasteiger partial charge in [0.1, 0.15) is 30.1 Å². The standard InChI is InChI=1S/C53H84N2O16S2/c1-32-17-15-13-12-14-16-18-33(2)47(57)49(68-10)48(58)36(5)25-34(3)43(56)29-45(35(4)26-39-20-22-44(46(27-39)67-9)69-30-40-23-24-73(65,66)31-40)70-52(61)38(7)55(8)51(60)50(59)53(62)37(6)19-21-41(71-53)28-42(32)54-72(11,63)64/h12-15,17,25,33-35,37-42,44-46,48-49,54,58,62H,16,18-24,26-31H2,1-11H3/b14-12+,15-13+,32-17+,36-25+/t33?,34?,35-,37+,38?,39+,40?,41-,42?,44-,45?,46-,48?,49?,53+/m1/s1. The van der Waals surface area contributed by atoms with Crippen LogP contribution in [0.4, 0.5) is 0 Å². The highest BCUT2D eigenvalue weighted by molar-refractivity contribution is 7.91. The molecule has 1 saturated carbocycles. The summed E-state index contributed by atoms with van der Waals surface area (Å²) in [5, 5.41) is 23.3. The first-order valence-corrected chi connectivity index (χ1v) is 29.5. The number of sulfonamides is 1. The van der Waals surface area contributed by atoms with E-state index in [1.165, 1.54) is 21.1 Å². The topological polar surface area (TPSA) is 256 Å². The maximum Gasteiger partial charge on any atom is 0.328 e. The predicted molar refractivity (Wildman–Crippen MR) is 275 cm³/mol. The second-order valence-corrected chi connectivity index (χ2v) is 25.4. The van der Waals surface area contributed by atoms with Crippen LogP contribution >= 0.6 is 0 Å². The number of nitrogens with zero attached hydrogens (tertiary/aromatic N) is 1. The molecule has 1 amide bonds. The molecule has 414 valence electrons. The first kappa shape index (κ1) is 62.1. The molecular weight excluding hydrogens is 985 g/mol. The number of methoxy groups -OCH3 is 2. The summed E-state index contributed by atoms with van der Waals surface area (Å²) in [5.41, 5.74) is 0.937. The molecule has 3 N–H and O–H groups in total. The fourth-order valence-electron chi connectivity index (χ4n) is 10.3. The summed E-state index contributed by atoms with van der Waals surface area (Å²) in [6, 6.07) is -2.19. The van der Waals surface area contributed by atoms with Crippen molar-refractivity contribution in [2.45, 2.75) is 174 Å². The molecule has 2 bridgehead atoms. The molecule has 2 saturated heterocycles. The molecule has 0 radical (unpaired) electrons. The van der Waals surface area contributed by atoms with Gasteiger partial charge in [-0.3, -0.25) is 19.2 Å². The second-order valence-electron chi connectivity index (χ2n) is 21.4. The van der Waals surface area contributed by atoms with Gasteiger partial charge in [-0.2, -0.15) is 0 Å². The summed E-state index contributed by atoms with van der Waals surface area (Å²) in [6.07, 6.45) is 10.8. The van der Waals surface area contributed by atoms with Gasteiger partial charge in [0.2, 0.25) is 15.8 Å². The zero-order chi connectivity index (χ0) is 54.6. The van der Waals surface area contributed by atoms with Crippen molar-refractivity contribution >= 4 is 49.1 Å². The summed E-state index contributed by atoms with van der Waals surface area (Å²) in [6.45, 7) is 11.8. The molecule has 0 aromatic carbocycles. The molecule has 1 aliphatic carbocycles. The number of aliphatic hydroxyl groups is 2. The van der Waals surface area contributed by atoms with Gasteiger partial charge in [-0.1, -0.05) is 69.7 Å². The average Bonchev–Trinajstić information content (AvgIpc) is 3.69. The van der Waals surface area contributed by atoms with Crippen LogP contribution in [0.2, 0.25) is 0 Å². The molecule has 3 aliphatic heterocycles. The van der Waals surface area contributed by atoms with E-state index in [0.717, 1.165) is 17.6 Å². The van der Waals surface area contributed by atoms with Crippen molar-refractivity contribution in [1.82, 2.24) is 9.62 Å². The predicted octanol–water partition coefficient (Wildman–Crippen LogP) is 4.76. The van der Waals surface area contributed by atoms with Crippen LogP contribution < -0.4 is 4.72 Å². The van der Waals surface area contributed by atoms with E-state index in [-0.39, 0.29) is 66.4 Å². The highest BCUT2D eigenvalue weighted by Crippen LogP contribution is 2.37. The monoisotopic (exact) mass is 1070 g/mol. The SMILES string of the molecule is COC1C(=O)C(C)CC/C=C/C=C/C=C(\C)C(NS(C)(=O)=O)C[C@H]2CC[C@H](C)[C@](O)(O2)C(=O)C(=O)N(C)C(C)C(=O)OC([C@H](C)C[C@@H]2CC[C@@H](OCC3CCS(=O)(=O)C3)[C@H](OC)C2)CC(=O)C(C)/C=C(\C)C1O. The summed E-state index contributed by atoms with van der Waals surface area (Å²) in [7, 11) is -2.64. The minimum Gasteiger partial charge on any atom is -0.460 e. The number of cyclic esters (lactones) is 1. The molecule has 15 atom stereocenters. The number of allylic oxidation sites excluding steroid dienone is 6. The van der Waals surface area contributed by atoms with E-state index in [2.05, 4.69) is 4.72 Å². The first-order valence-electron chi connectivity index (χ1n) is 25.8. The smallest absolute Gasteiger partial charge is 0.328 e. The van der Waals surface area contributed by atoms with Gasteiger partial charge < -0.3 is 38.8 Å². The third-order valence-corrected chi connectivity index (χ3v) is 18.0. The molecule has 8 unspecified atom stereocenters. The summed E-state index contributed by atoms with van der Waals surface area (Å²) >= 11 is 0. The number of rotatable bonds is 10. The van der Waals surface area contributed by atoms with Crippen LogP contribution in [-0.2, 0) is 67.5 Å². The molecular formula is C53H84N2O16S2. The van der Waals surface area contributed by atoms with E-state index in [1.807, 2.05) is 13.0 Å². The fraction of sp³-hybridized carbons (Fsp3) is 0.755. The minimum atomic E-state index is -3.75. The number of sulfone groups is 1. The van der Waals surface area contributed by atoms with Gasteiger partial charge in [-0.25, -0.2) is 26.4 Å². The lowest BCUT2D eigenvalue weighted by Gasteiger charge is -2.42. The highest BCUT2D eigenvalue weighted by Gasteiger charge is 2.52. The van der Waals surface area contributed by atoms with Gasteiger partial charge in [0.15, 0.2) is 15.6 Å². The van der Waals surface area contributed by atoms with E-state index < -0.39 is 103 Å². The maximum absolute atomic E-state index is 14.2. The Bertz CT molecular complexity index is 2280. The van der Waals surface area contributed by atoms with Crippen LogP contribution in [0.25, 0.3) is 0 Å². The van der Waals surface area contributed by atoms with Gasteiger partial charge in [-0.05, 0) is 108 Å². The van der Waals surface area contributed by atoms with Crippen molar-refractivity contribution < 1.29 is 74.7 Å². The van der Waals surface area contributed by atoms with E-state index in [1.54, 1.807) is 72.1 Å². The van der Waals surface area contributed by atoms with E-state index in [9.17, 15) is 51.0 Å². The maximum atomic E-state index is 14.2. The van der Waals surface area contributed by atoms with Crippen LogP contribution in [0.1, 0.15) is 119 Å². The Morgan fingerprint density at radius 2 is 1.60 bits per heavy atom. The molecule has 3 heterocycles. The van der Waals surface area contributed by atoms with E-state index in [0.29, 0.717) is 62.7 Å². The number of nitrogens with one attached hydrogen (secondary N) is 1. The molecule has 4 aliphatic rings. The Morgan fingerprint density at radius 3 is 2.23 bits per heavy atom. The third kappa shape index (κ3) is 17.8. The van der Waals surface area contributed by atoms with Crippen LogP contribution in [0, 0.1) is 35.5 Å². The van der Waals surface area contributed by atoms with Gasteiger partial charge >= 0.3 is 5.97 Å². The highest BCUT2D eigenvalue weighted by atomic mass is 32.2. The van der Waals surface area contributed by atoms with Gasteiger partial charge in [0.05, 0.1) is 42.7 Å². The lowest BCUT2D eigenvalue weighted by molar-refractivity contribution is -0.263. The number of hydrogen-bond acceptors (Lipinski definition) is 16. The van der Waals surface area contributed by atoms with Crippen LogP contribution in [0.5, 0.6) is 0 Å². The van der Waals surface area contributed by atoms with Crippen LogP contribution in [0.3, 0.4) is 0 Å². The zero-order valence-corrected chi connectivity index (χ0v) is 46.5. The number of carbonyl (C=O) groups is 5. The van der Waals surface area contributed by atoms with Crippen molar-refractivity contribution in [3.8, 4) is 0 Å². The van der Waals surface area contributed by atoms with Gasteiger partial charge in [0.25, 0.3) is 11.7 Å². The molecule has 18 nitrogen and oxygen atoms in total. The number of amides is 1. The average molecular weight is 1070 g/mol. The van der Waals surface area contributed by atoms with Crippen molar-refractivity contribution in [3.05, 3.63) is 47.6 Å². The molecule has 0 aromatic heterocycles. The number of carbonyl (C=O) groups excluding carboxylic acids is 5. The molecule has 0 spiro atoms. The Balaban J connectivity index is 1.64. The van der Waals surface area contributed by atoms with E-state index >= 15 is 0 Å². The van der Waals surface area contributed by atoms with Gasteiger partial charge in [-0.15, -0.1) is 0 Å². The molecule has 73 heavy (non-hydrogen) atoms. The number of fused-ring (bicyclic) bond motifs is 2. The Kier molecular flexibility index (Phi) is 23.4. The lowest BCUT2D eigenvalue weighted by atomic mass is 9.78. The third-order valence-electron chi connectivity index (χ3n) is 15.4. The number of esters is 1. The number of ketones is 3.